The highest BCUT2D eigenvalue weighted by Gasteiger charge is 2.42. The Hall–Kier alpha value is -3.22. The van der Waals surface area contributed by atoms with Crippen molar-refractivity contribution in [1.82, 2.24) is 14.8 Å². The fraction of sp³-hybridized carbons (Fsp3) is 0.273. The number of carbonyl (C=O) groups excluding carboxylic acids is 2. The van der Waals surface area contributed by atoms with E-state index >= 15 is 0 Å². The van der Waals surface area contributed by atoms with Gasteiger partial charge in [-0.25, -0.2) is 8.78 Å². The fourth-order valence-electron chi connectivity index (χ4n) is 3.93. The van der Waals surface area contributed by atoms with Crippen LogP contribution in [0.4, 0.5) is 8.78 Å². The largest absolute Gasteiger partial charge is 0.361 e. The maximum atomic E-state index is 13.7. The molecule has 1 saturated heterocycles. The molecule has 2 heterocycles. The van der Waals surface area contributed by atoms with Crippen LogP contribution in [0.25, 0.3) is 10.9 Å². The molecule has 29 heavy (non-hydrogen) atoms. The highest BCUT2D eigenvalue weighted by molar-refractivity contribution is 5.97. The lowest BCUT2D eigenvalue weighted by Crippen LogP contribution is -2.63. The second kappa shape index (κ2) is 7.31. The number of amides is 2. The van der Waals surface area contributed by atoms with Crippen LogP contribution >= 0.6 is 0 Å². The number of hydrogen-bond acceptors (Lipinski definition) is 2. The third-order valence-electron chi connectivity index (χ3n) is 5.69. The lowest BCUT2D eigenvalue weighted by molar-refractivity contribution is -0.158. The molecule has 0 bridgehead atoms. The van der Waals surface area contributed by atoms with Crippen LogP contribution in [-0.4, -0.2) is 52.8 Å². The van der Waals surface area contributed by atoms with Crippen LogP contribution in [0.2, 0.25) is 0 Å². The normalized spacial score (nSPS) is 20.0. The number of halogens is 2. The van der Waals surface area contributed by atoms with Gasteiger partial charge >= 0.3 is 0 Å². The fourth-order valence-corrected chi connectivity index (χ4v) is 3.93. The molecule has 4 rings (SSSR count). The minimum absolute atomic E-state index is 0.174. The van der Waals surface area contributed by atoms with Crippen LogP contribution in [0.15, 0.2) is 48.7 Å². The summed E-state index contributed by atoms with van der Waals surface area (Å²) < 4.78 is 26.8. The Balaban J connectivity index is 1.57. The Morgan fingerprint density at radius 1 is 0.862 bits per heavy atom. The van der Waals surface area contributed by atoms with E-state index in [0.717, 1.165) is 16.6 Å². The molecule has 0 saturated carbocycles. The zero-order valence-corrected chi connectivity index (χ0v) is 16.2. The molecule has 0 radical (unpaired) electrons. The van der Waals surface area contributed by atoms with Crippen LogP contribution in [0, 0.1) is 11.6 Å². The van der Waals surface area contributed by atoms with E-state index < -0.39 is 12.1 Å². The molecule has 1 aliphatic heterocycles. The van der Waals surface area contributed by atoms with Crippen LogP contribution in [-0.2, 0) is 22.4 Å². The van der Waals surface area contributed by atoms with Crippen molar-refractivity contribution in [3.63, 3.8) is 0 Å². The number of H-pyrrole nitrogens is 1. The molecule has 0 aliphatic carbocycles. The number of piperazine rings is 1. The Morgan fingerprint density at radius 3 is 2.10 bits per heavy atom. The maximum absolute atomic E-state index is 13.7. The number of rotatable bonds is 4. The Bertz CT molecular complexity index is 1080. The number of nitrogens with zero attached hydrogens (tertiary/aromatic N) is 2. The van der Waals surface area contributed by atoms with Crippen molar-refractivity contribution in [2.75, 3.05) is 14.1 Å². The van der Waals surface area contributed by atoms with Crippen LogP contribution in [0.1, 0.15) is 11.1 Å². The van der Waals surface area contributed by atoms with Crippen LogP contribution in [0.5, 0.6) is 0 Å². The molecule has 5 nitrogen and oxygen atoms in total. The number of benzene rings is 2. The van der Waals surface area contributed by atoms with Crippen LogP contribution < -0.4 is 0 Å². The second-order valence-electron chi connectivity index (χ2n) is 7.47. The van der Waals surface area contributed by atoms with Gasteiger partial charge in [0, 0.05) is 44.0 Å². The number of likely N-dealkylation sites (N-methyl/N-ethyl adjacent to an activating group) is 2. The molecule has 2 amide bonds. The molecule has 2 atom stereocenters. The van der Waals surface area contributed by atoms with Gasteiger partial charge in [-0.15, -0.1) is 0 Å². The highest BCUT2D eigenvalue weighted by Crippen LogP contribution is 2.25. The smallest absolute Gasteiger partial charge is 0.246 e. The number of hydrogen-bond donors (Lipinski definition) is 1. The summed E-state index contributed by atoms with van der Waals surface area (Å²) in [4.78, 5) is 32.1. The molecule has 0 unspecified atom stereocenters. The van der Waals surface area contributed by atoms with Crippen molar-refractivity contribution in [1.29, 1.82) is 0 Å². The Morgan fingerprint density at radius 2 is 1.45 bits per heavy atom. The SMILES string of the molecule is CN1C(=O)[C@H](Cc2c[nH]c3ccc(F)cc23)N(C)C(=O)[C@@H]1Cc1ccc(F)cc1. The average molecular weight is 397 g/mol. The summed E-state index contributed by atoms with van der Waals surface area (Å²) in [5.41, 5.74) is 2.34. The topological polar surface area (TPSA) is 56.4 Å². The molecule has 1 aliphatic rings. The van der Waals surface area contributed by atoms with Crippen LogP contribution in [0.3, 0.4) is 0 Å². The highest BCUT2D eigenvalue weighted by atomic mass is 19.1. The van der Waals surface area contributed by atoms with E-state index in [2.05, 4.69) is 4.98 Å². The number of fused-ring (bicyclic) bond motifs is 1. The Kier molecular flexibility index (Phi) is 4.82. The standard InChI is InChI=1S/C22H21F2N3O2/c1-26-19(9-13-3-5-15(23)6-4-13)21(28)27(2)20(22(26)29)10-14-12-25-18-8-7-16(24)11-17(14)18/h3-8,11-12,19-20,25H,9-10H2,1-2H3/t19-,20-/m0/s1. The average Bonchev–Trinajstić information content (AvgIpc) is 3.10. The summed E-state index contributed by atoms with van der Waals surface area (Å²) in [7, 11) is 3.23. The van der Waals surface area contributed by atoms with Gasteiger partial charge in [-0.3, -0.25) is 9.59 Å². The quantitative estimate of drug-likeness (QED) is 0.736. The van der Waals surface area contributed by atoms with E-state index in [9.17, 15) is 18.4 Å². The second-order valence-corrected chi connectivity index (χ2v) is 7.47. The molecule has 0 spiro atoms. The molecular formula is C22H21F2N3O2. The third kappa shape index (κ3) is 3.48. The predicted molar refractivity (Wildman–Crippen MR) is 105 cm³/mol. The van der Waals surface area contributed by atoms with Crippen molar-refractivity contribution >= 4 is 22.7 Å². The number of aromatic nitrogens is 1. The number of aromatic amines is 1. The van der Waals surface area contributed by atoms with Crippen molar-refractivity contribution in [3.05, 3.63) is 71.4 Å². The van der Waals surface area contributed by atoms with Gasteiger partial charge in [0.05, 0.1) is 0 Å². The van der Waals surface area contributed by atoms with Crippen molar-refractivity contribution in [2.24, 2.45) is 0 Å². The molecule has 1 N–H and O–H groups in total. The first kappa shape index (κ1) is 19.1. The lowest BCUT2D eigenvalue weighted by Gasteiger charge is -2.42. The molecule has 2 aromatic carbocycles. The maximum Gasteiger partial charge on any atom is 0.246 e. The molecule has 7 heteroatoms. The number of carbonyl (C=O) groups is 2. The lowest BCUT2D eigenvalue weighted by atomic mass is 9.95. The summed E-state index contributed by atoms with van der Waals surface area (Å²) in [6.07, 6.45) is 2.36. The summed E-state index contributed by atoms with van der Waals surface area (Å²) in [5, 5.41) is 0.703. The van der Waals surface area contributed by atoms with Gasteiger partial charge in [-0.2, -0.15) is 0 Å². The summed E-state index contributed by atoms with van der Waals surface area (Å²) in [6.45, 7) is 0. The van der Waals surface area contributed by atoms with E-state index in [-0.39, 0.29) is 29.9 Å². The van der Waals surface area contributed by atoms with Crippen molar-refractivity contribution in [3.8, 4) is 0 Å². The minimum atomic E-state index is -0.667. The van der Waals surface area contributed by atoms with E-state index in [1.165, 1.54) is 34.1 Å². The van der Waals surface area contributed by atoms with Gasteiger partial charge in [0.15, 0.2) is 0 Å². The third-order valence-corrected chi connectivity index (χ3v) is 5.69. The van der Waals surface area contributed by atoms with Gasteiger partial charge in [0.1, 0.15) is 23.7 Å². The summed E-state index contributed by atoms with van der Waals surface area (Å²) >= 11 is 0. The first-order valence-electron chi connectivity index (χ1n) is 9.38. The van der Waals surface area contributed by atoms with E-state index in [4.69, 9.17) is 0 Å². The summed E-state index contributed by atoms with van der Waals surface area (Å²) in [6, 6.07) is 9.06. The zero-order chi connectivity index (χ0) is 20.7. The predicted octanol–water partition coefficient (Wildman–Crippen LogP) is 2.90. The molecular weight excluding hydrogens is 376 g/mol. The van der Waals surface area contributed by atoms with Gasteiger partial charge in [-0.1, -0.05) is 12.1 Å². The molecule has 1 fully saturated rings. The van der Waals surface area contributed by atoms with Crippen molar-refractivity contribution in [2.45, 2.75) is 24.9 Å². The zero-order valence-electron chi connectivity index (χ0n) is 16.2. The van der Waals surface area contributed by atoms with E-state index in [1.54, 1.807) is 38.5 Å². The van der Waals surface area contributed by atoms with Crippen molar-refractivity contribution < 1.29 is 18.4 Å². The summed E-state index contributed by atoms with van der Waals surface area (Å²) in [5.74, 6) is -1.05. The first-order chi connectivity index (χ1) is 13.8. The monoisotopic (exact) mass is 397 g/mol. The Labute approximate surface area is 166 Å². The van der Waals surface area contributed by atoms with E-state index in [1.807, 2.05) is 0 Å². The van der Waals surface area contributed by atoms with E-state index in [0.29, 0.717) is 11.8 Å². The van der Waals surface area contributed by atoms with Gasteiger partial charge < -0.3 is 14.8 Å². The molecule has 1 aromatic heterocycles. The first-order valence-corrected chi connectivity index (χ1v) is 9.38. The molecule has 3 aromatic rings. The number of nitrogens with one attached hydrogen (secondary N) is 1. The van der Waals surface area contributed by atoms with Gasteiger partial charge in [-0.05, 0) is 41.5 Å². The van der Waals surface area contributed by atoms with Gasteiger partial charge in [0.25, 0.3) is 0 Å². The molecule has 150 valence electrons. The van der Waals surface area contributed by atoms with Gasteiger partial charge in [0.2, 0.25) is 11.8 Å². The minimum Gasteiger partial charge on any atom is -0.361 e.